The predicted molar refractivity (Wildman–Crippen MR) is 226 cm³/mol. The number of piperidine rings is 2. The Balaban J connectivity index is 0.000000179. The summed E-state index contributed by atoms with van der Waals surface area (Å²) in [5.41, 5.74) is 2.40. The molecule has 2 saturated heterocycles. The summed E-state index contributed by atoms with van der Waals surface area (Å²) in [4.78, 5) is 29.9. The van der Waals surface area contributed by atoms with Gasteiger partial charge in [0.25, 0.3) is 11.8 Å². The lowest BCUT2D eigenvalue weighted by atomic mass is 9.81. The minimum atomic E-state index is -0.532. The summed E-state index contributed by atoms with van der Waals surface area (Å²) in [5.74, 6) is 4.06. The molecule has 0 bridgehead atoms. The standard InChI is InChI=1S/C24H29NO5.C24H27NO4/c1-16(2)29-21-9-8-17(14-22(21)28-3)23(27)25-12-10-24(11-13-25)15-19(26)18-6-4-5-7-20(18)30-24;1-17(2)28-21-9-8-19(16-22(21)27-3)23(26)25-14-12-24(13-15-25)11-10-18-6-4-5-7-20(18)29-24/h4-9,14,16,19,26H,10-13,15H2,1-3H3;4-11,16-17H,12-15H2,1-3H3. The molecule has 4 heterocycles. The zero-order valence-corrected chi connectivity index (χ0v) is 34.9. The smallest absolute Gasteiger partial charge is 0.253 e. The van der Waals surface area contributed by atoms with E-state index in [1.165, 1.54) is 0 Å². The average molecular weight is 805 g/mol. The number of amides is 2. The molecule has 8 rings (SSSR count). The van der Waals surface area contributed by atoms with E-state index in [2.05, 4.69) is 18.2 Å². The number of aliphatic hydroxyl groups excluding tert-OH is 1. The summed E-state index contributed by atoms with van der Waals surface area (Å²) in [6.07, 6.45) is 7.30. The van der Waals surface area contributed by atoms with Crippen LogP contribution in [0.1, 0.15) is 97.7 Å². The summed E-state index contributed by atoms with van der Waals surface area (Å²) < 4.78 is 35.0. The van der Waals surface area contributed by atoms with Crippen LogP contribution in [0.3, 0.4) is 0 Å². The monoisotopic (exact) mass is 804 g/mol. The first-order valence-corrected chi connectivity index (χ1v) is 20.6. The normalized spacial score (nSPS) is 18.5. The van der Waals surface area contributed by atoms with Gasteiger partial charge in [-0.05, 0) is 82.3 Å². The highest BCUT2D eigenvalue weighted by Crippen LogP contribution is 2.44. The Labute approximate surface area is 347 Å². The number of ether oxygens (including phenoxy) is 6. The molecule has 11 heteroatoms. The molecule has 0 aliphatic carbocycles. The number of hydrogen-bond donors (Lipinski definition) is 1. The molecule has 1 N–H and O–H groups in total. The summed E-state index contributed by atoms with van der Waals surface area (Å²) in [6.45, 7) is 10.3. The van der Waals surface area contributed by atoms with Crippen LogP contribution in [0.2, 0.25) is 0 Å². The zero-order valence-electron chi connectivity index (χ0n) is 34.9. The molecule has 4 aliphatic heterocycles. The number of carbonyl (C=O) groups excluding carboxylic acids is 2. The zero-order chi connectivity index (χ0) is 41.7. The van der Waals surface area contributed by atoms with Crippen LogP contribution in [0, 0.1) is 0 Å². The van der Waals surface area contributed by atoms with Crippen LogP contribution in [-0.4, -0.2) is 90.5 Å². The lowest BCUT2D eigenvalue weighted by Crippen LogP contribution is -2.51. The van der Waals surface area contributed by atoms with E-state index < -0.39 is 11.7 Å². The van der Waals surface area contributed by atoms with Crippen LogP contribution >= 0.6 is 0 Å². The molecule has 4 aromatic carbocycles. The second-order valence-electron chi connectivity index (χ2n) is 16.2. The highest BCUT2D eigenvalue weighted by atomic mass is 16.5. The van der Waals surface area contributed by atoms with Crippen LogP contribution in [0.5, 0.6) is 34.5 Å². The minimum absolute atomic E-state index is 0.00874. The van der Waals surface area contributed by atoms with Crippen LogP contribution in [0.25, 0.3) is 6.08 Å². The Bertz CT molecular complexity index is 2150. The maximum absolute atomic E-state index is 13.1. The molecule has 0 radical (unpaired) electrons. The first-order valence-electron chi connectivity index (χ1n) is 20.6. The average Bonchev–Trinajstić information content (AvgIpc) is 3.24. The van der Waals surface area contributed by atoms with Crippen molar-refractivity contribution in [2.24, 2.45) is 0 Å². The van der Waals surface area contributed by atoms with E-state index in [4.69, 9.17) is 28.4 Å². The van der Waals surface area contributed by atoms with E-state index >= 15 is 0 Å². The molecule has 1 unspecified atom stereocenters. The molecule has 2 spiro atoms. The number of likely N-dealkylation sites (tertiary alicyclic amines) is 2. The van der Waals surface area contributed by atoms with E-state index in [1.54, 1.807) is 50.6 Å². The second kappa shape index (κ2) is 17.7. The lowest BCUT2D eigenvalue weighted by Gasteiger charge is -2.45. The molecule has 4 aromatic rings. The Morgan fingerprint density at radius 1 is 0.661 bits per heavy atom. The molecule has 4 aliphatic rings. The molecule has 59 heavy (non-hydrogen) atoms. The van der Waals surface area contributed by atoms with Crippen molar-refractivity contribution >= 4 is 17.9 Å². The highest BCUT2D eigenvalue weighted by Gasteiger charge is 2.44. The summed E-state index contributed by atoms with van der Waals surface area (Å²) >= 11 is 0. The Morgan fingerprint density at radius 3 is 1.71 bits per heavy atom. The van der Waals surface area contributed by atoms with E-state index in [1.807, 2.05) is 80.0 Å². The van der Waals surface area contributed by atoms with E-state index in [0.717, 1.165) is 35.5 Å². The molecule has 2 fully saturated rings. The van der Waals surface area contributed by atoms with Gasteiger partial charge in [0.1, 0.15) is 22.7 Å². The molecule has 0 aromatic heterocycles. The van der Waals surface area contributed by atoms with Crippen molar-refractivity contribution in [1.29, 1.82) is 0 Å². The van der Waals surface area contributed by atoms with Crippen LogP contribution < -0.4 is 28.4 Å². The molecule has 11 nitrogen and oxygen atoms in total. The Kier molecular flexibility index (Phi) is 12.4. The number of fused-ring (bicyclic) bond motifs is 2. The Morgan fingerprint density at radius 2 is 1.17 bits per heavy atom. The van der Waals surface area contributed by atoms with Crippen molar-refractivity contribution < 1.29 is 43.1 Å². The SMILES string of the molecule is COc1cc(C(=O)N2CCC3(C=Cc4ccccc4O3)CC2)ccc1OC(C)C.COc1cc(C(=O)N2CCC3(CC2)CC(O)c2ccccc2O3)ccc1OC(C)C. The van der Waals surface area contributed by atoms with Crippen LogP contribution in [-0.2, 0) is 0 Å². The molecule has 1 atom stereocenters. The number of methoxy groups -OCH3 is 2. The maximum atomic E-state index is 13.1. The largest absolute Gasteiger partial charge is 0.493 e. The van der Waals surface area contributed by atoms with Crippen LogP contribution in [0.15, 0.2) is 91.0 Å². The topological polar surface area (TPSA) is 116 Å². The van der Waals surface area contributed by atoms with Gasteiger partial charge in [0, 0.05) is 80.5 Å². The van der Waals surface area contributed by atoms with Gasteiger partial charge in [0.2, 0.25) is 0 Å². The van der Waals surface area contributed by atoms with Crippen LogP contribution in [0.4, 0.5) is 0 Å². The van der Waals surface area contributed by atoms with Gasteiger partial charge >= 0.3 is 0 Å². The first-order chi connectivity index (χ1) is 28.4. The number of aliphatic hydroxyl groups is 1. The van der Waals surface area contributed by atoms with Gasteiger partial charge < -0.3 is 43.3 Å². The predicted octanol–water partition coefficient (Wildman–Crippen LogP) is 8.54. The molecular weight excluding hydrogens is 749 g/mol. The van der Waals surface area contributed by atoms with Crippen molar-refractivity contribution in [2.75, 3.05) is 40.4 Å². The van der Waals surface area contributed by atoms with Crippen molar-refractivity contribution in [3.8, 4) is 34.5 Å². The molecule has 2 amide bonds. The summed E-state index contributed by atoms with van der Waals surface area (Å²) in [7, 11) is 3.16. The number of hydrogen-bond acceptors (Lipinski definition) is 9. The van der Waals surface area contributed by atoms with Crippen molar-refractivity contribution in [1.82, 2.24) is 9.80 Å². The fourth-order valence-electron chi connectivity index (χ4n) is 8.24. The third-order valence-corrected chi connectivity index (χ3v) is 11.4. The first kappa shape index (κ1) is 41.5. The number of carbonyl (C=O) groups is 2. The number of para-hydroxylation sites is 2. The van der Waals surface area contributed by atoms with Gasteiger partial charge in [0.05, 0.1) is 32.5 Å². The van der Waals surface area contributed by atoms with Crippen molar-refractivity contribution in [2.45, 2.75) is 89.3 Å². The quantitative estimate of drug-likeness (QED) is 0.187. The highest BCUT2D eigenvalue weighted by molar-refractivity contribution is 5.95. The second-order valence-corrected chi connectivity index (χ2v) is 16.2. The van der Waals surface area contributed by atoms with E-state index in [-0.39, 0.29) is 29.6 Å². The fourth-order valence-corrected chi connectivity index (χ4v) is 8.24. The van der Waals surface area contributed by atoms with Crippen molar-refractivity contribution in [3.63, 3.8) is 0 Å². The van der Waals surface area contributed by atoms with Gasteiger partial charge in [-0.2, -0.15) is 0 Å². The van der Waals surface area contributed by atoms with Crippen molar-refractivity contribution in [3.05, 3.63) is 113 Å². The maximum Gasteiger partial charge on any atom is 0.253 e. The number of nitrogens with zero attached hydrogens (tertiary/aromatic N) is 2. The molecule has 312 valence electrons. The molecular formula is C48H56N2O9. The van der Waals surface area contributed by atoms with Gasteiger partial charge in [-0.1, -0.05) is 42.5 Å². The van der Waals surface area contributed by atoms with Gasteiger partial charge in [-0.3, -0.25) is 9.59 Å². The number of rotatable bonds is 8. The van der Waals surface area contributed by atoms with Gasteiger partial charge in [-0.25, -0.2) is 0 Å². The molecule has 0 saturated carbocycles. The minimum Gasteiger partial charge on any atom is -0.493 e. The lowest BCUT2D eigenvalue weighted by molar-refractivity contribution is -0.0495. The van der Waals surface area contributed by atoms with Gasteiger partial charge in [0.15, 0.2) is 23.0 Å². The van der Waals surface area contributed by atoms with Gasteiger partial charge in [-0.15, -0.1) is 0 Å². The summed E-state index contributed by atoms with van der Waals surface area (Å²) in [5, 5.41) is 10.6. The third-order valence-electron chi connectivity index (χ3n) is 11.4. The van der Waals surface area contributed by atoms with E-state index in [0.29, 0.717) is 79.6 Å². The summed E-state index contributed by atoms with van der Waals surface area (Å²) in [6, 6.07) is 26.4. The Hall–Kier alpha value is -5.68. The number of benzene rings is 4. The fraction of sp³-hybridized carbons (Fsp3) is 0.417. The third kappa shape index (κ3) is 9.31. The van der Waals surface area contributed by atoms with E-state index in [9.17, 15) is 14.7 Å².